The number of aliphatic hydroxyl groups is 2. The van der Waals surface area contributed by atoms with E-state index in [4.69, 9.17) is 19.9 Å². The molecule has 6 atom stereocenters. The SMILES string of the molecule is COc1cccc2c1C(=O)c1c(O)c3c(c(O)c1C2=O)C[C@](O)(C(=O)CBr)C[C@H]3OC1CC(N)C(O)C(C)O1. The Labute approximate surface area is 231 Å². The Morgan fingerprint density at radius 2 is 1.87 bits per heavy atom. The molecule has 208 valence electrons. The van der Waals surface area contributed by atoms with Gasteiger partial charge < -0.3 is 40.4 Å². The molecule has 0 spiro atoms. The molecule has 0 bridgehead atoms. The van der Waals surface area contributed by atoms with Gasteiger partial charge in [0.05, 0.1) is 47.4 Å². The maximum Gasteiger partial charge on any atom is 0.202 e. The molecule has 0 aromatic heterocycles. The fourth-order valence-corrected chi connectivity index (χ4v) is 6.25. The number of methoxy groups -OCH3 is 1. The second-order valence-electron chi connectivity index (χ2n) is 10.1. The zero-order chi connectivity index (χ0) is 28.4. The molecule has 0 amide bonds. The summed E-state index contributed by atoms with van der Waals surface area (Å²) in [6.45, 7) is 1.61. The number of phenols is 2. The molecule has 39 heavy (non-hydrogen) atoms. The molecule has 6 N–H and O–H groups in total. The van der Waals surface area contributed by atoms with Crippen molar-refractivity contribution in [3.8, 4) is 17.2 Å². The number of carbonyl (C=O) groups is 3. The van der Waals surface area contributed by atoms with Crippen molar-refractivity contribution in [3.05, 3.63) is 51.6 Å². The molecule has 5 rings (SSSR count). The number of rotatable bonds is 5. The third-order valence-electron chi connectivity index (χ3n) is 7.78. The molecule has 4 unspecified atom stereocenters. The molecular formula is C27H28BrNO10. The lowest BCUT2D eigenvalue weighted by atomic mass is 9.72. The molecule has 0 radical (unpaired) electrons. The normalized spacial score (nSPS) is 29.8. The monoisotopic (exact) mass is 605 g/mol. The Balaban J connectivity index is 1.69. The van der Waals surface area contributed by atoms with Crippen molar-refractivity contribution in [3.63, 3.8) is 0 Å². The molecule has 1 fully saturated rings. The van der Waals surface area contributed by atoms with E-state index >= 15 is 0 Å². The standard InChI is InChI=1S/C27H28BrNO10/c1-10-22(31)13(29)6-17(38-10)39-15-8-27(36,16(30)9-28)7-12-19(15)26(35)21-20(24(12)33)23(32)11-4-3-5-14(37-2)18(11)25(21)34/h3-5,10,13,15,17,22,31,33,35-36H,6-9,29H2,1-2H3/t10?,13?,15-,17?,22?,27-/m1/s1. The smallest absolute Gasteiger partial charge is 0.202 e. The molecular weight excluding hydrogens is 578 g/mol. The fraction of sp³-hybridized carbons (Fsp3) is 0.444. The lowest BCUT2D eigenvalue weighted by molar-refractivity contribution is -0.247. The van der Waals surface area contributed by atoms with Gasteiger partial charge in [-0.15, -0.1) is 0 Å². The van der Waals surface area contributed by atoms with Gasteiger partial charge in [0.2, 0.25) is 5.78 Å². The third-order valence-corrected chi connectivity index (χ3v) is 8.29. The molecule has 3 aliphatic rings. The average molecular weight is 606 g/mol. The number of nitrogens with two attached hydrogens (primary N) is 1. The molecule has 11 nitrogen and oxygen atoms in total. The highest BCUT2D eigenvalue weighted by molar-refractivity contribution is 9.09. The van der Waals surface area contributed by atoms with E-state index in [0.29, 0.717) is 0 Å². The van der Waals surface area contributed by atoms with Gasteiger partial charge in [0.15, 0.2) is 17.9 Å². The van der Waals surface area contributed by atoms with Gasteiger partial charge in [-0.1, -0.05) is 28.1 Å². The number of carbonyl (C=O) groups excluding carboxylic acids is 3. The van der Waals surface area contributed by atoms with Crippen molar-refractivity contribution in [2.45, 2.75) is 62.4 Å². The number of Topliss-reactive ketones (excluding diaryl/α,β-unsaturated/α-hetero) is 1. The Bertz CT molecular complexity index is 1380. The zero-order valence-electron chi connectivity index (χ0n) is 21.1. The number of halogens is 1. The summed E-state index contributed by atoms with van der Waals surface area (Å²) in [5.41, 5.74) is 2.91. The first-order valence-electron chi connectivity index (χ1n) is 12.4. The van der Waals surface area contributed by atoms with E-state index < -0.39 is 82.6 Å². The number of hydrogen-bond acceptors (Lipinski definition) is 11. The van der Waals surface area contributed by atoms with Crippen LogP contribution in [0.1, 0.15) is 68.8 Å². The predicted molar refractivity (Wildman–Crippen MR) is 138 cm³/mol. The average Bonchev–Trinajstić information content (AvgIpc) is 2.90. The topological polar surface area (TPSA) is 186 Å². The highest BCUT2D eigenvalue weighted by atomic mass is 79.9. The minimum Gasteiger partial charge on any atom is -0.507 e. The Morgan fingerprint density at radius 3 is 2.51 bits per heavy atom. The highest BCUT2D eigenvalue weighted by Crippen LogP contribution is 2.52. The number of aliphatic hydroxyl groups excluding tert-OH is 1. The number of alkyl halides is 1. The second kappa shape index (κ2) is 9.95. The van der Waals surface area contributed by atoms with Crippen LogP contribution in [0, 0.1) is 0 Å². The van der Waals surface area contributed by atoms with Gasteiger partial charge in [-0.05, 0) is 13.0 Å². The summed E-state index contributed by atoms with van der Waals surface area (Å²) in [6.07, 6.45) is -4.62. The quantitative estimate of drug-likeness (QED) is 0.209. The van der Waals surface area contributed by atoms with Crippen molar-refractivity contribution in [1.82, 2.24) is 0 Å². The second-order valence-corrected chi connectivity index (χ2v) is 10.7. The van der Waals surface area contributed by atoms with E-state index in [1.807, 2.05) is 0 Å². The summed E-state index contributed by atoms with van der Waals surface area (Å²) in [7, 11) is 1.34. The first-order chi connectivity index (χ1) is 18.4. The summed E-state index contributed by atoms with van der Waals surface area (Å²) in [4.78, 5) is 40.0. The van der Waals surface area contributed by atoms with Crippen molar-refractivity contribution in [2.75, 3.05) is 12.4 Å². The number of phenolic OH excluding ortho intramolecular Hbond substituents is 2. The molecule has 1 heterocycles. The van der Waals surface area contributed by atoms with Gasteiger partial charge in [0.25, 0.3) is 0 Å². The van der Waals surface area contributed by atoms with Gasteiger partial charge >= 0.3 is 0 Å². The molecule has 12 heteroatoms. The van der Waals surface area contributed by atoms with E-state index in [9.17, 15) is 34.8 Å². The first kappa shape index (κ1) is 27.7. The Kier molecular flexibility index (Phi) is 7.06. The number of fused-ring (bicyclic) bond motifs is 3. The lowest BCUT2D eigenvalue weighted by Gasteiger charge is -2.42. The van der Waals surface area contributed by atoms with Crippen molar-refractivity contribution in [1.29, 1.82) is 0 Å². The van der Waals surface area contributed by atoms with Gasteiger partial charge in [0.1, 0.15) is 22.8 Å². The van der Waals surface area contributed by atoms with Crippen LogP contribution in [0.2, 0.25) is 0 Å². The highest BCUT2D eigenvalue weighted by Gasteiger charge is 2.50. The lowest BCUT2D eigenvalue weighted by Crippen LogP contribution is -2.52. The number of benzene rings is 2. The molecule has 2 aromatic rings. The molecule has 2 aliphatic carbocycles. The van der Waals surface area contributed by atoms with Gasteiger partial charge in [-0.25, -0.2) is 0 Å². The van der Waals surface area contributed by atoms with Crippen LogP contribution in [0.15, 0.2) is 18.2 Å². The molecule has 0 saturated carbocycles. The number of ether oxygens (including phenoxy) is 3. The van der Waals surface area contributed by atoms with Crippen LogP contribution in [-0.2, 0) is 20.7 Å². The van der Waals surface area contributed by atoms with E-state index in [0.717, 1.165) is 0 Å². The van der Waals surface area contributed by atoms with Gasteiger partial charge in [0, 0.05) is 42.0 Å². The summed E-state index contributed by atoms with van der Waals surface area (Å²) >= 11 is 3.07. The van der Waals surface area contributed by atoms with Gasteiger partial charge in [-0.3, -0.25) is 14.4 Å². The van der Waals surface area contributed by atoms with Crippen LogP contribution in [-0.4, -0.2) is 80.4 Å². The van der Waals surface area contributed by atoms with Crippen molar-refractivity contribution in [2.24, 2.45) is 5.73 Å². The third kappa shape index (κ3) is 4.26. The summed E-state index contributed by atoms with van der Waals surface area (Å²) in [5, 5.41) is 44.2. The largest absolute Gasteiger partial charge is 0.507 e. The van der Waals surface area contributed by atoms with Crippen molar-refractivity contribution < 1.29 is 49.0 Å². The first-order valence-corrected chi connectivity index (χ1v) is 13.5. The number of hydrogen-bond donors (Lipinski definition) is 5. The maximum atomic E-state index is 13.7. The van der Waals surface area contributed by atoms with Crippen LogP contribution in [0.5, 0.6) is 17.2 Å². The minimum absolute atomic E-state index is 0.0194. The predicted octanol–water partition coefficient (Wildman–Crippen LogP) is 1.40. The Hall–Kier alpha value is -2.87. The number of aromatic hydroxyl groups is 2. The Morgan fingerprint density at radius 1 is 1.18 bits per heavy atom. The summed E-state index contributed by atoms with van der Waals surface area (Å²) in [5.74, 6) is -3.20. The fourth-order valence-electron chi connectivity index (χ4n) is 5.73. The van der Waals surface area contributed by atoms with Crippen LogP contribution in [0.3, 0.4) is 0 Å². The van der Waals surface area contributed by atoms with E-state index in [-0.39, 0.29) is 46.2 Å². The molecule has 2 aromatic carbocycles. The van der Waals surface area contributed by atoms with Crippen LogP contribution >= 0.6 is 15.9 Å². The molecule has 1 aliphatic heterocycles. The maximum absolute atomic E-state index is 13.7. The van der Waals surface area contributed by atoms with Crippen LogP contribution in [0.4, 0.5) is 0 Å². The van der Waals surface area contributed by atoms with E-state index in [2.05, 4.69) is 15.9 Å². The van der Waals surface area contributed by atoms with Crippen LogP contribution < -0.4 is 10.5 Å². The zero-order valence-corrected chi connectivity index (χ0v) is 22.7. The summed E-state index contributed by atoms with van der Waals surface area (Å²) < 4.78 is 17.1. The van der Waals surface area contributed by atoms with Gasteiger partial charge in [-0.2, -0.15) is 0 Å². The minimum atomic E-state index is -2.04. The molecule has 1 saturated heterocycles. The van der Waals surface area contributed by atoms with Crippen molar-refractivity contribution >= 4 is 33.3 Å². The van der Waals surface area contributed by atoms with Crippen LogP contribution in [0.25, 0.3) is 0 Å². The van der Waals surface area contributed by atoms with E-state index in [1.165, 1.54) is 25.3 Å². The summed E-state index contributed by atoms with van der Waals surface area (Å²) in [6, 6.07) is 3.74. The van der Waals surface area contributed by atoms with E-state index in [1.54, 1.807) is 6.92 Å². The number of ketones is 3.